The van der Waals surface area contributed by atoms with Gasteiger partial charge in [-0.25, -0.2) is 0 Å². The third kappa shape index (κ3) is 1.95. The molecule has 1 aromatic heterocycles. The summed E-state index contributed by atoms with van der Waals surface area (Å²) in [7, 11) is 0. The minimum Gasteiger partial charge on any atom is -0.481 e. The molecule has 0 saturated carbocycles. The zero-order valence-electron chi connectivity index (χ0n) is 6.74. The quantitative estimate of drug-likeness (QED) is 0.674. The van der Waals surface area contributed by atoms with Crippen LogP contribution in [-0.4, -0.2) is 16.1 Å². The number of pyridine rings is 1. The summed E-state index contributed by atoms with van der Waals surface area (Å²) < 4.78 is 0. The summed E-state index contributed by atoms with van der Waals surface area (Å²) >= 11 is 0. The van der Waals surface area contributed by atoms with Crippen LogP contribution in [0.25, 0.3) is 0 Å². The maximum atomic E-state index is 10.3. The second-order valence-corrected chi connectivity index (χ2v) is 2.59. The molecule has 0 fully saturated rings. The molecule has 4 heteroatoms. The van der Waals surface area contributed by atoms with E-state index in [1.54, 1.807) is 13.0 Å². The van der Waals surface area contributed by atoms with Gasteiger partial charge in [0.2, 0.25) is 0 Å². The molecule has 1 heterocycles. The van der Waals surface area contributed by atoms with Crippen molar-refractivity contribution in [2.24, 2.45) is 0 Å². The molecule has 0 aliphatic carbocycles. The highest BCUT2D eigenvalue weighted by molar-refractivity contribution is 5.70. The number of aromatic nitrogens is 1. The van der Waals surface area contributed by atoms with Crippen molar-refractivity contribution in [2.75, 3.05) is 5.73 Å². The molecule has 0 amide bonds. The lowest BCUT2D eigenvalue weighted by atomic mass is 10.2. The number of aliphatic carboxylic acids is 1. The Hall–Kier alpha value is -1.58. The molecule has 4 nitrogen and oxygen atoms in total. The fourth-order valence-corrected chi connectivity index (χ4v) is 0.867. The van der Waals surface area contributed by atoms with Crippen LogP contribution in [0, 0.1) is 6.92 Å². The topological polar surface area (TPSA) is 76.2 Å². The van der Waals surface area contributed by atoms with Crippen molar-refractivity contribution in [1.29, 1.82) is 0 Å². The van der Waals surface area contributed by atoms with E-state index in [1.807, 2.05) is 0 Å². The van der Waals surface area contributed by atoms with Gasteiger partial charge < -0.3 is 10.8 Å². The van der Waals surface area contributed by atoms with Crippen LogP contribution >= 0.6 is 0 Å². The van der Waals surface area contributed by atoms with Crippen LogP contribution in [0.5, 0.6) is 0 Å². The molecule has 0 aromatic carbocycles. The molecular formula is C8H10N2O2. The number of aryl methyl sites for hydroxylation is 1. The zero-order chi connectivity index (χ0) is 9.14. The SMILES string of the molecule is Cc1ncc(CC(=O)O)cc1N. The van der Waals surface area contributed by atoms with Gasteiger partial charge >= 0.3 is 5.97 Å². The van der Waals surface area contributed by atoms with E-state index in [0.29, 0.717) is 11.3 Å². The van der Waals surface area contributed by atoms with Gasteiger partial charge in [0.25, 0.3) is 0 Å². The molecule has 0 unspecified atom stereocenters. The van der Waals surface area contributed by atoms with Gasteiger partial charge in [-0.1, -0.05) is 0 Å². The number of nitrogens with zero attached hydrogens (tertiary/aromatic N) is 1. The summed E-state index contributed by atoms with van der Waals surface area (Å²) in [6.45, 7) is 1.78. The normalized spacial score (nSPS) is 9.75. The number of anilines is 1. The first-order valence-electron chi connectivity index (χ1n) is 3.52. The largest absolute Gasteiger partial charge is 0.481 e. The maximum absolute atomic E-state index is 10.3. The van der Waals surface area contributed by atoms with Crippen LogP contribution in [0.4, 0.5) is 5.69 Å². The fraction of sp³-hybridized carbons (Fsp3) is 0.250. The van der Waals surface area contributed by atoms with Gasteiger partial charge in [-0.15, -0.1) is 0 Å². The summed E-state index contributed by atoms with van der Waals surface area (Å²) in [6.07, 6.45) is 1.50. The lowest BCUT2D eigenvalue weighted by Crippen LogP contribution is -2.02. The summed E-state index contributed by atoms with van der Waals surface area (Å²) in [4.78, 5) is 14.2. The molecule has 0 radical (unpaired) electrons. The van der Waals surface area contributed by atoms with E-state index >= 15 is 0 Å². The van der Waals surface area contributed by atoms with Crippen molar-refractivity contribution in [3.8, 4) is 0 Å². The minimum atomic E-state index is -0.875. The second-order valence-electron chi connectivity index (χ2n) is 2.59. The van der Waals surface area contributed by atoms with Gasteiger partial charge in [0.15, 0.2) is 0 Å². The Morgan fingerprint density at radius 1 is 1.75 bits per heavy atom. The van der Waals surface area contributed by atoms with E-state index in [0.717, 1.165) is 5.69 Å². The highest BCUT2D eigenvalue weighted by atomic mass is 16.4. The first kappa shape index (κ1) is 8.52. The molecule has 0 aliphatic rings. The second kappa shape index (κ2) is 3.21. The summed E-state index contributed by atoms with van der Waals surface area (Å²) in [5, 5.41) is 8.46. The Bertz CT molecular complexity index is 310. The predicted octanol–water partition coefficient (Wildman–Crippen LogP) is 0.599. The summed E-state index contributed by atoms with van der Waals surface area (Å²) in [6, 6.07) is 1.64. The fourth-order valence-electron chi connectivity index (χ4n) is 0.867. The van der Waals surface area contributed by atoms with Crippen LogP contribution in [0.15, 0.2) is 12.3 Å². The Morgan fingerprint density at radius 3 is 2.92 bits per heavy atom. The van der Waals surface area contributed by atoms with E-state index in [2.05, 4.69) is 4.98 Å². The zero-order valence-corrected chi connectivity index (χ0v) is 6.74. The molecule has 1 aromatic rings. The minimum absolute atomic E-state index is 0.0303. The van der Waals surface area contributed by atoms with Crippen LogP contribution in [0.1, 0.15) is 11.3 Å². The van der Waals surface area contributed by atoms with E-state index in [4.69, 9.17) is 10.8 Å². The third-order valence-corrected chi connectivity index (χ3v) is 1.54. The molecule has 0 saturated heterocycles. The van der Waals surface area contributed by atoms with Crippen LogP contribution in [0.2, 0.25) is 0 Å². The van der Waals surface area contributed by atoms with Gasteiger partial charge in [0, 0.05) is 6.20 Å². The highest BCUT2D eigenvalue weighted by Gasteiger charge is 2.02. The van der Waals surface area contributed by atoms with Gasteiger partial charge in [0.05, 0.1) is 17.8 Å². The number of nitrogen functional groups attached to an aromatic ring is 1. The number of hydrogen-bond donors (Lipinski definition) is 2. The predicted molar refractivity (Wildman–Crippen MR) is 44.7 cm³/mol. The van der Waals surface area contributed by atoms with Crippen LogP contribution in [-0.2, 0) is 11.2 Å². The lowest BCUT2D eigenvalue weighted by molar-refractivity contribution is -0.136. The Kier molecular flexibility index (Phi) is 2.28. The molecule has 64 valence electrons. The molecule has 12 heavy (non-hydrogen) atoms. The van der Waals surface area contributed by atoms with E-state index < -0.39 is 5.97 Å². The number of rotatable bonds is 2. The Morgan fingerprint density at radius 2 is 2.42 bits per heavy atom. The summed E-state index contributed by atoms with van der Waals surface area (Å²) in [5.41, 5.74) is 7.43. The van der Waals surface area contributed by atoms with E-state index in [1.165, 1.54) is 6.20 Å². The van der Waals surface area contributed by atoms with Gasteiger partial charge in [-0.05, 0) is 18.6 Å². The van der Waals surface area contributed by atoms with Crippen molar-refractivity contribution in [1.82, 2.24) is 4.98 Å². The molecule has 0 spiro atoms. The highest BCUT2D eigenvalue weighted by Crippen LogP contribution is 2.09. The van der Waals surface area contributed by atoms with Crippen molar-refractivity contribution < 1.29 is 9.90 Å². The first-order chi connectivity index (χ1) is 5.59. The van der Waals surface area contributed by atoms with E-state index in [9.17, 15) is 4.79 Å². The van der Waals surface area contributed by atoms with Crippen molar-refractivity contribution in [2.45, 2.75) is 13.3 Å². The number of carboxylic acid groups (broad SMARTS) is 1. The van der Waals surface area contributed by atoms with Crippen molar-refractivity contribution in [3.05, 3.63) is 23.5 Å². The number of carbonyl (C=O) groups is 1. The van der Waals surface area contributed by atoms with Gasteiger partial charge in [-0.2, -0.15) is 0 Å². The van der Waals surface area contributed by atoms with Crippen molar-refractivity contribution in [3.63, 3.8) is 0 Å². The molecule has 3 N–H and O–H groups in total. The van der Waals surface area contributed by atoms with Crippen LogP contribution < -0.4 is 5.73 Å². The van der Waals surface area contributed by atoms with E-state index in [-0.39, 0.29) is 6.42 Å². The third-order valence-electron chi connectivity index (χ3n) is 1.54. The van der Waals surface area contributed by atoms with Crippen LogP contribution in [0.3, 0.4) is 0 Å². The Labute approximate surface area is 70.0 Å². The van der Waals surface area contributed by atoms with Gasteiger partial charge in [-0.3, -0.25) is 9.78 Å². The number of hydrogen-bond acceptors (Lipinski definition) is 3. The monoisotopic (exact) mass is 166 g/mol. The molecule has 0 aliphatic heterocycles. The smallest absolute Gasteiger partial charge is 0.307 e. The lowest BCUT2D eigenvalue weighted by Gasteiger charge is -2.00. The van der Waals surface area contributed by atoms with Crippen molar-refractivity contribution >= 4 is 11.7 Å². The molecule has 1 rings (SSSR count). The number of nitrogens with two attached hydrogens (primary N) is 1. The van der Waals surface area contributed by atoms with Gasteiger partial charge in [0.1, 0.15) is 0 Å². The average molecular weight is 166 g/mol. The molecular weight excluding hydrogens is 156 g/mol. The first-order valence-corrected chi connectivity index (χ1v) is 3.52. The standard InChI is InChI=1S/C8H10N2O2/c1-5-7(9)2-6(4-10-5)3-8(11)12/h2,4H,3,9H2,1H3,(H,11,12). The number of carboxylic acids is 1. The Balaban J connectivity index is 2.89. The maximum Gasteiger partial charge on any atom is 0.307 e. The summed E-state index contributed by atoms with van der Waals surface area (Å²) in [5.74, 6) is -0.875. The molecule has 0 atom stereocenters. The molecule has 0 bridgehead atoms. The average Bonchev–Trinajstić information content (AvgIpc) is 1.96.